The molecule has 1 amide bonds. The number of carbonyl (C=O) groups excluding carboxylic acids is 1. The molecule has 0 bridgehead atoms. The summed E-state index contributed by atoms with van der Waals surface area (Å²) in [5.74, 6) is -0.221. The number of rotatable bonds is 5. The fourth-order valence-corrected chi connectivity index (χ4v) is 5.38. The van der Waals surface area contributed by atoms with Gasteiger partial charge in [0.2, 0.25) is 0 Å². The highest BCUT2D eigenvalue weighted by atomic mass is 32.2. The summed E-state index contributed by atoms with van der Waals surface area (Å²) in [5.41, 5.74) is 1.05. The molecule has 26 heavy (non-hydrogen) atoms. The zero-order chi connectivity index (χ0) is 18.7. The monoisotopic (exact) mass is 406 g/mol. The summed E-state index contributed by atoms with van der Waals surface area (Å²) in [6.45, 7) is 4.16. The Hall–Kier alpha value is -1.90. The zero-order valence-electron chi connectivity index (χ0n) is 14.4. The molecular formula is C18H18N2O3S3. The molecule has 0 radical (unpaired) electrons. The van der Waals surface area contributed by atoms with Gasteiger partial charge in [0.15, 0.2) is 5.17 Å². The highest BCUT2D eigenvalue weighted by Gasteiger charge is 2.34. The van der Waals surface area contributed by atoms with E-state index in [-0.39, 0.29) is 16.0 Å². The number of likely N-dealkylation sites (N-methyl/N-ethyl adjacent to an activating group) is 1. The van der Waals surface area contributed by atoms with Crippen molar-refractivity contribution in [2.45, 2.75) is 25.2 Å². The SMILES string of the molecule is CCc1ccc(S(=O)(=O)/N=C2\S/C(=C/c3cccs3)C(=O)N2CC)cc1. The van der Waals surface area contributed by atoms with Crippen LogP contribution in [0.15, 0.2) is 56.0 Å². The van der Waals surface area contributed by atoms with Gasteiger partial charge in [0.25, 0.3) is 15.9 Å². The van der Waals surface area contributed by atoms with E-state index in [1.54, 1.807) is 37.3 Å². The lowest BCUT2D eigenvalue weighted by molar-refractivity contribution is -0.122. The van der Waals surface area contributed by atoms with E-state index in [2.05, 4.69) is 4.40 Å². The number of carbonyl (C=O) groups is 1. The Morgan fingerprint density at radius 2 is 1.88 bits per heavy atom. The van der Waals surface area contributed by atoms with Gasteiger partial charge in [-0.3, -0.25) is 9.69 Å². The van der Waals surface area contributed by atoms with Crippen molar-refractivity contribution in [3.63, 3.8) is 0 Å². The summed E-state index contributed by atoms with van der Waals surface area (Å²) in [4.78, 5) is 15.5. The molecule has 136 valence electrons. The number of hydrogen-bond donors (Lipinski definition) is 0. The average Bonchev–Trinajstić information content (AvgIpc) is 3.23. The van der Waals surface area contributed by atoms with Crippen molar-refractivity contribution < 1.29 is 13.2 Å². The molecule has 2 heterocycles. The zero-order valence-corrected chi connectivity index (χ0v) is 16.8. The number of thiophene rings is 1. The van der Waals surface area contributed by atoms with Gasteiger partial charge in [-0.05, 0) is 60.3 Å². The van der Waals surface area contributed by atoms with E-state index in [0.29, 0.717) is 11.4 Å². The molecule has 0 saturated carbocycles. The van der Waals surface area contributed by atoms with E-state index in [9.17, 15) is 13.2 Å². The summed E-state index contributed by atoms with van der Waals surface area (Å²) in [7, 11) is -3.87. The molecule has 1 aromatic carbocycles. The van der Waals surface area contributed by atoms with Crippen molar-refractivity contribution in [2.75, 3.05) is 6.54 Å². The minimum absolute atomic E-state index is 0.127. The molecule has 0 spiro atoms. The molecule has 0 N–H and O–H groups in total. The third kappa shape index (κ3) is 3.92. The first-order valence-electron chi connectivity index (χ1n) is 8.13. The maximum absolute atomic E-state index is 12.6. The fourth-order valence-electron chi connectivity index (χ4n) is 2.41. The molecule has 1 saturated heterocycles. The van der Waals surface area contributed by atoms with Crippen LogP contribution >= 0.6 is 23.1 Å². The van der Waals surface area contributed by atoms with Crippen LogP contribution in [-0.2, 0) is 21.2 Å². The summed E-state index contributed by atoms with van der Waals surface area (Å²) >= 11 is 2.61. The standard InChI is InChI=1S/C18H18N2O3S3/c1-3-13-7-9-15(10-8-13)26(22,23)19-18-20(4-2)17(21)16(25-18)12-14-6-5-11-24-14/h5-12H,3-4H2,1-2H3/b16-12+,19-18-. The van der Waals surface area contributed by atoms with Crippen LogP contribution in [0, 0.1) is 0 Å². The fraction of sp³-hybridized carbons (Fsp3) is 0.222. The summed E-state index contributed by atoms with van der Waals surface area (Å²) in [5, 5.41) is 2.12. The van der Waals surface area contributed by atoms with Gasteiger partial charge in [-0.25, -0.2) is 0 Å². The Morgan fingerprint density at radius 3 is 2.46 bits per heavy atom. The predicted molar refractivity (Wildman–Crippen MR) is 108 cm³/mol. The highest BCUT2D eigenvalue weighted by Crippen LogP contribution is 2.34. The number of thioether (sulfide) groups is 1. The number of aryl methyl sites for hydroxylation is 1. The Balaban J connectivity index is 1.94. The largest absolute Gasteiger partial charge is 0.286 e. The molecular weight excluding hydrogens is 388 g/mol. The quantitative estimate of drug-likeness (QED) is 0.704. The molecule has 0 unspecified atom stereocenters. The molecule has 0 aliphatic carbocycles. The Morgan fingerprint density at radius 1 is 1.15 bits per heavy atom. The Bertz CT molecular complexity index is 960. The van der Waals surface area contributed by atoms with Gasteiger partial charge in [0.1, 0.15) is 0 Å². The number of amidine groups is 1. The van der Waals surface area contributed by atoms with E-state index in [1.165, 1.54) is 16.2 Å². The number of benzene rings is 1. The van der Waals surface area contributed by atoms with Crippen molar-refractivity contribution in [1.82, 2.24) is 4.90 Å². The average molecular weight is 407 g/mol. The van der Waals surface area contributed by atoms with Gasteiger partial charge in [0, 0.05) is 11.4 Å². The van der Waals surface area contributed by atoms with Crippen LogP contribution in [-0.4, -0.2) is 30.9 Å². The first kappa shape index (κ1) is 18.9. The minimum Gasteiger partial charge on any atom is -0.286 e. The smallest absolute Gasteiger partial charge is 0.284 e. The Kier molecular flexibility index (Phi) is 5.64. The van der Waals surface area contributed by atoms with Crippen LogP contribution < -0.4 is 0 Å². The van der Waals surface area contributed by atoms with E-state index >= 15 is 0 Å². The van der Waals surface area contributed by atoms with Crippen molar-refractivity contribution in [2.24, 2.45) is 4.40 Å². The van der Waals surface area contributed by atoms with Gasteiger partial charge < -0.3 is 0 Å². The third-order valence-corrected chi connectivity index (χ3v) is 7.07. The van der Waals surface area contributed by atoms with Gasteiger partial charge >= 0.3 is 0 Å². The topological polar surface area (TPSA) is 66.8 Å². The third-order valence-electron chi connectivity index (χ3n) is 3.85. The van der Waals surface area contributed by atoms with Gasteiger partial charge in [-0.2, -0.15) is 8.42 Å². The van der Waals surface area contributed by atoms with Crippen LogP contribution in [0.4, 0.5) is 0 Å². The van der Waals surface area contributed by atoms with Crippen LogP contribution in [0.5, 0.6) is 0 Å². The summed E-state index contributed by atoms with van der Waals surface area (Å²) < 4.78 is 29.2. The summed E-state index contributed by atoms with van der Waals surface area (Å²) in [6.07, 6.45) is 2.60. The van der Waals surface area contributed by atoms with Crippen molar-refractivity contribution >= 4 is 50.3 Å². The van der Waals surface area contributed by atoms with Crippen LogP contribution in [0.2, 0.25) is 0 Å². The maximum Gasteiger partial charge on any atom is 0.284 e. The van der Waals surface area contributed by atoms with E-state index in [0.717, 1.165) is 28.6 Å². The Labute approximate surface area is 161 Å². The highest BCUT2D eigenvalue weighted by molar-refractivity contribution is 8.19. The second-order valence-electron chi connectivity index (χ2n) is 5.52. The molecule has 3 rings (SSSR count). The minimum atomic E-state index is -3.87. The number of hydrogen-bond acceptors (Lipinski definition) is 5. The lowest BCUT2D eigenvalue weighted by Crippen LogP contribution is -2.29. The molecule has 0 atom stereocenters. The number of sulfonamides is 1. The van der Waals surface area contributed by atoms with Gasteiger partial charge in [-0.15, -0.1) is 15.7 Å². The van der Waals surface area contributed by atoms with E-state index in [4.69, 9.17) is 0 Å². The maximum atomic E-state index is 12.6. The second kappa shape index (κ2) is 7.77. The molecule has 1 aromatic heterocycles. The molecule has 5 nitrogen and oxygen atoms in total. The molecule has 1 fully saturated rings. The lowest BCUT2D eigenvalue weighted by Gasteiger charge is -2.12. The number of amides is 1. The van der Waals surface area contributed by atoms with Gasteiger partial charge in [0.05, 0.1) is 9.80 Å². The van der Waals surface area contributed by atoms with Crippen LogP contribution in [0.3, 0.4) is 0 Å². The molecule has 1 aliphatic heterocycles. The van der Waals surface area contributed by atoms with Crippen molar-refractivity contribution in [1.29, 1.82) is 0 Å². The number of nitrogens with zero attached hydrogens (tertiary/aromatic N) is 2. The molecule has 2 aromatic rings. The van der Waals surface area contributed by atoms with E-state index in [1.807, 2.05) is 24.4 Å². The van der Waals surface area contributed by atoms with Crippen LogP contribution in [0.25, 0.3) is 6.08 Å². The normalized spacial score (nSPS) is 18.2. The van der Waals surface area contributed by atoms with Crippen LogP contribution in [0.1, 0.15) is 24.3 Å². The predicted octanol–water partition coefficient (Wildman–Crippen LogP) is 3.99. The van der Waals surface area contributed by atoms with Crippen molar-refractivity contribution in [3.8, 4) is 0 Å². The summed E-state index contributed by atoms with van der Waals surface area (Å²) in [6, 6.07) is 10.5. The first-order chi connectivity index (χ1) is 12.4. The van der Waals surface area contributed by atoms with Crippen molar-refractivity contribution in [3.05, 3.63) is 57.1 Å². The lowest BCUT2D eigenvalue weighted by atomic mass is 10.2. The van der Waals surface area contributed by atoms with E-state index < -0.39 is 10.0 Å². The second-order valence-corrected chi connectivity index (χ2v) is 9.11. The van der Waals surface area contributed by atoms with Gasteiger partial charge in [-0.1, -0.05) is 25.1 Å². The first-order valence-corrected chi connectivity index (χ1v) is 11.3. The molecule has 1 aliphatic rings. The molecule has 8 heteroatoms.